The van der Waals surface area contributed by atoms with Crippen LogP contribution in [0.4, 0.5) is 5.69 Å². The SMILES string of the molecule is O=[N+]([O-])c1cc(S(=O)(=O)O)ccc1Oc1ccccc1. The Bertz CT molecular complexity index is 742. The van der Waals surface area contributed by atoms with Gasteiger partial charge in [-0.1, -0.05) is 18.2 Å². The summed E-state index contributed by atoms with van der Waals surface area (Å²) < 4.78 is 36.1. The van der Waals surface area contributed by atoms with Crippen molar-refractivity contribution >= 4 is 15.8 Å². The molecule has 0 fully saturated rings. The fourth-order valence-corrected chi connectivity index (χ4v) is 2.00. The molecule has 0 aliphatic rings. The fraction of sp³-hybridized carbons (Fsp3) is 0. The number of nitro benzene ring substituents is 1. The predicted octanol–water partition coefficient (Wildman–Crippen LogP) is 2.63. The van der Waals surface area contributed by atoms with Crippen LogP contribution in [0, 0.1) is 10.1 Å². The highest BCUT2D eigenvalue weighted by molar-refractivity contribution is 7.85. The molecule has 20 heavy (non-hydrogen) atoms. The maximum Gasteiger partial charge on any atom is 0.312 e. The first-order valence-electron chi connectivity index (χ1n) is 5.37. The van der Waals surface area contributed by atoms with Gasteiger partial charge in [-0.25, -0.2) is 0 Å². The Kier molecular flexibility index (Phi) is 3.68. The van der Waals surface area contributed by atoms with Crippen molar-refractivity contribution in [3.05, 3.63) is 58.6 Å². The molecule has 0 unspecified atom stereocenters. The highest BCUT2D eigenvalue weighted by atomic mass is 32.2. The molecule has 104 valence electrons. The van der Waals surface area contributed by atoms with Gasteiger partial charge in [0.25, 0.3) is 10.1 Å². The average molecular weight is 295 g/mol. The molecular weight excluding hydrogens is 286 g/mol. The topological polar surface area (TPSA) is 107 Å². The zero-order valence-corrected chi connectivity index (χ0v) is 10.8. The van der Waals surface area contributed by atoms with E-state index in [0.29, 0.717) is 5.75 Å². The molecule has 0 saturated heterocycles. The van der Waals surface area contributed by atoms with E-state index in [1.807, 2.05) is 0 Å². The first kappa shape index (κ1) is 14.0. The van der Waals surface area contributed by atoms with Crippen LogP contribution < -0.4 is 4.74 Å². The van der Waals surface area contributed by atoms with Crippen LogP contribution in [0.1, 0.15) is 0 Å². The maximum atomic E-state index is 11.0. The van der Waals surface area contributed by atoms with Gasteiger partial charge >= 0.3 is 5.69 Å². The molecule has 0 spiro atoms. The summed E-state index contributed by atoms with van der Waals surface area (Å²) in [6, 6.07) is 11.2. The van der Waals surface area contributed by atoms with Crippen molar-refractivity contribution in [2.75, 3.05) is 0 Å². The molecule has 2 aromatic carbocycles. The zero-order valence-electron chi connectivity index (χ0n) is 9.96. The van der Waals surface area contributed by atoms with E-state index in [9.17, 15) is 18.5 Å². The van der Waals surface area contributed by atoms with Gasteiger partial charge in [-0.05, 0) is 24.3 Å². The van der Waals surface area contributed by atoms with E-state index in [1.54, 1.807) is 30.3 Å². The van der Waals surface area contributed by atoms with Gasteiger partial charge in [0.1, 0.15) is 10.6 Å². The Labute approximate surface area is 114 Å². The van der Waals surface area contributed by atoms with Gasteiger partial charge in [-0.15, -0.1) is 0 Å². The van der Waals surface area contributed by atoms with Crippen LogP contribution in [0.2, 0.25) is 0 Å². The van der Waals surface area contributed by atoms with Gasteiger partial charge in [-0.3, -0.25) is 14.7 Å². The molecule has 0 aromatic heterocycles. The second-order valence-electron chi connectivity index (χ2n) is 3.78. The highest BCUT2D eigenvalue weighted by Crippen LogP contribution is 2.33. The Hall–Kier alpha value is -2.45. The molecule has 0 aliphatic carbocycles. The number of benzene rings is 2. The lowest BCUT2D eigenvalue weighted by Crippen LogP contribution is -2.00. The van der Waals surface area contributed by atoms with Crippen molar-refractivity contribution in [3.63, 3.8) is 0 Å². The number of ether oxygens (including phenoxy) is 1. The summed E-state index contributed by atoms with van der Waals surface area (Å²) >= 11 is 0. The van der Waals surface area contributed by atoms with Crippen molar-refractivity contribution in [1.82, 2.24) is 0 Å². The first-order valence-corrected chi connectivity index (χ1v) is 6.81. The van der Waals surface area contributed by atoms with Crippen LogP contribution in [0.5, 0.6) is 11.5 Å². The summed E-state index contributed by atoms with van der Waals surface area (Å²) in [6.45, 7) is 0. The second-order valence-corrected chi connectivity index (χ2v) is 5.20. The molecule has 8 heteroatoms. The molecule has 0 bridgehead atoms. The van der Waals surface area contributed by atoms with Gasteiger partial charge in [0.2, 0.25) is 5.75 Å². The maximum absolute atomic E-state index is 11.0. The van der Waals surface area contributed by atoms with Crippen LogP contribution in [0.3, 0.4) is 0 Å². The molecule has 1 N–H and O–H groups in total. The van der Waals surface area contributed by atoms with Gasteiger partial charge in [-0.2, -0.15) is 8.42 Å². The lowest BCUT2D eigenvalue weighted by atomic mass is 10.3. The molecule has 2 aromatic rings. The summed E-state index contributed by atoms with van der Waals surface area (Å²) in [6.07, 6.45) is 0. The minimum absolute atomic E-state index is 0.117. The van der Waals surface area contributed by atoms with Gasteiger partial charge in [0, 0.05) is 6.07 Å². The Morgan fingerprint density at radius 2 is 1.75 bits per heavy atom. The molecular formula is C12H9NO6S. The van der Waals surface area contributed by atoms with Gasteiger partial charge in [0.05, 0.1) is 4.92 Å². The number of hydrogen-bond donors (Lipinski definition) is 1. The minimum atomic E-state index is -4.51. The Morgan fingerprint density at radius 1 is 1.10 bits per heavy atom. The van der Waals surface area contributed by atoms with Crippen molar-refractivity contribution in [1.29, 1.82) is 0 Å². The number of hydrogen-bond acceptors (Lipinski definition) is 5. The van der Waals surface area contributed by atoms with E-state index in [1.165, 1.54) is 0 Å². The number of nitrogens with zero attached hydrogens (tertiary/aromatic N) is 1. The molecule has 0 radical (unpaired) electrons. The van der Waals surface area contributed by atoms with E-state index in [-0.39, 0.29) is 5.75 Å². The number of para-hydroxylation sites is 1. The lowest BCUT2D eigenvalue weighted by molar-refractivity contribution is -0.385. The van der Waals surface area contributed by atoms with Crippen molar-refractivity contribution < 1.29 is 22.6 Å². The van der Waals surface area contributed by atoms with E-state index >= 15 is 0 Å². The van der Waals surface area contributed by atoms with E-state index in [0.717, 1.165) is 18.2 Å². The number of rotatable bonds is 4. The van der Waals surface area contributed by atoms with E-state index in [4.69, 9.17) is 9.29 Å². The first-order chi connectivity index (χ1) is 9.38. The normalized spacial score (nSPS) is 11.1. The van der Waals surface area contributed by atoms with Crippen LogP contribution in [0.15, 0.2) is 53.4 Å². The predicted molar refractivity (Wildman–Crippen MR) is 69.4 cm³/mol. The Morgan fingerprint density at radius 3 is 2.30 bits per heavy atom. The third-order valence-corrected chi connectivity index (χ3v) is 3.25. The monoisotopic (exact) mass is 295 g/mol. The zero-order chi connectivity index (χ0) is 14.8. The highest BCUT2D eigenvalue weighted by Gasteiger charge is 2.21. The van der Waals surface area contributed by atoms with Crippen molar-refractivity contribution in [2.24, 2.45) is 0 Å². The summed E-state index contributed by atoms with van der Waals surface area (Å²) in [5, 5.41) is 10.9. The smallest absolute Gasteiger partial charge is 0.312 e. The van der Waals surface area contributed by atoms with Crippen molar-refractivity contribution in [2.45, 2.75) is 4.90 Å². The van der Waals surface area contributed by atoms with Crippen molar-refractivity contribution in [3.8, 4) is 11.5 Å². The van der Waals surface area contributed by atoms with Crippen LogP contribution in [-0.2, 0) is 10.1 Å². The lowest BCUT2D eigenvalue weighted by Gasteiger charge is -2.06. The van der Waals surface area contributed by atoms with E-state index in [2.05, 4.69) is 0 Å². The summed E-state index contributed by atoms with van der Waals surface area (Å²) in [5.41, 5.74) is -0.552. The van der Waals surface area contributed by atoms with Gasteiger partial charge < -0.3 is 4.74 Å². The molecule has 0 atom stereocenters. The van der Waals surface area contributed by atoms with Gasteiger partial charge in [0.15, 0.2) is 0 Å². The molecule has 0 aliphatic heterocycles. The summed E-state index contributed by atoms with van der Waals surface area (Å²) in [4.78, 5) is 9.59. The van der Waals surface area contributed by atoms with Crippen LogP contribution in [0.25, 0.3) is 0 Å². The summed E-state index contributed by atoms with van der Waals surface area (Å²) in [7, 11) is -4.51. The quantitative estimate of drug-likeness (QED) is 0.528. The molecule has 0 heterocycles. The number of nitro groups is 1. The third kappa shape index (κ3) is 3.11. The van der Waals surface area contributed by atoms with Crippen LogP contribution in [-0.4, -0.2) is 17.9 Å². The van der Waals surface area contributed by atoms with Crippen LogP contribution >= 0.6 is 0 Å². The molecule has 7 nitrogen and oxygen atoms in total. The summed E-state index contributed by atoms with van der Waals surface area (Å²) in [5.74, 6) is 0.254. The standard InChI is InChI=1S/C12H9NO6S/c14-13(15)11-8-10(20(16,17)18)6-7-12(11)19-9-4-2-1-3-5-9/h1-8H,(H,16,17,18). The molecule has 2 rings (SSSR count). The largest absolute Gasteiger partial charge is 0.450 e. The molecule has 0 amide bonds. The Balaban J connectivity index is 2.46. The second kappa shape index (κ2) is 5.27. The fourth-order valence-electron chi connectivity index (χ4n) is 1.50. The third-order valence-electron chi connectivity index (χ3n) is 2.40. The molecule has 0 saturated carbocycles. The minimum Gasteiger partial charge on any atom is -0.450 e. The average Bonchev–Trinajstić information content (AvgIpc) is 2.38. The van der Waals surface area contributed by atoms with E-state index < -0.39 is 25.6 Å².